The van der Waals surface area contributed by atoms with Crippen LogP contribution in [-0.2, 0) is 11.2 Å². The van der Waals surface area contributed by atoms with Crippen molar-refractivity contribution in [2.45, 2.75) is 64.3 Å². The summed E-state index contributed by atoms with van der Waals surface area (Å²) < 4.78 is 1.46. The van der Waals surface area contributed by atoms with Gasteiger partial charge in [0, 0.05) is 25.2 Å². The molecule has 1 aliphatic heterocycles. The van der Waals surface area contributed by atoms with Crippen LogP contribution in [0, 0.1) is 5.92 Å². The van der Waals surface area contributed by atoms with Gasteiger partial charge in [-0.25, -0.2) is 0 Å². The van der Waals surface area contributed by atoms with Gasteiger partial charge in [-0.2, -0.15) is 4.68 Å². The number of hydrogen-bond donors (Lipinski definition) is 1. The molecule has 2 heterocycles. The first-order chi connectivity index (χ1) is 14.6. The normalized spacial score (nSPS) is 20.2. The molecule has 6 nitrogen and oxygen atoms in total. The molecule has 2 aliphatic rings. The Balaban J connectivity index is 1.47. The third-order valence-corrected chi connectivity index (χ3v) is 6.44. The first-order valence-electron chi connectivity index (χ1n) is 11.4. The summed E-state index contributed by atoms with van der Waals surface area (Å²) >= 11 is 0. The molecule has 4 rings (SSSR count). The van der Waals surface area contributed by atoms with Crippen molar-refractivity contribution in [2.75, 3.05) is 18.0 Å². The lowest BCUT2D eigenvalue weighted by atomic mass is 9.93. The SMILES string of the molecule is CCc1ccc(-n2nc(N3CCCC(C(=O)NC4CCCCC4)C3)ccc2=O)cc1. The third kappa shape index (κ3) is 4.74. The number of rotatable bonds is 5. The van der Waals surface area contributed by atoms with E-state index in [0.717, 1.165) is 50.2 Å². The maximum atomic E-state index is 12.8. The van der Waals surface area contributed by atoms with E-state index in [1.807, 2.05) is 24.3 Å². The van der Waals surface area contributed by atoms with Crippen LogP contribution < -0.4 is 15.8 Å². The van der Waals surface area contributed by atoms with Gasteiger partial charge < -0.3 is 10.2 Å². The molecule has 1 unspecified atom stereocenters. The van der Waals surface area contributed by atoms with Crippen molar-refractivity contribution in [3.63, 3.8) is 0 Å². The fourth-order valence-corrected chi connectivity index (χ4v) is 4.59. The molecule has 1 N–H and O–H groups in total. The minimum Gasteiger partial charge on any atom is -0.354 e. The third-order valence-electron chi connectivity index (χ3n) is 6.44. The van der Waals surface area contributed by atoms with Crippen molar-refractivity contribution in [1.82, 2.24) is 15.1 Å². The van der Waals surface area contributed by atoms with E-state index in [2.05, 4.69) is 22.2 Å². The predicted octanol–water partition coefficient (Wildman–Crippen LogP) is 3.46. The summed E-state index contributed by atoms with van der Waals surface area (Å²) in [5.41, 5.74) is 1.85. The Kier molecular flexibility index (Phi) is 6.50. The molecule has 1 aromatic heterocycles. The van der Waals surface area contributed by atoms with Crippen molar-refractivity contribution in [3.8, 4) is 5.69 Å². The molecular formula is C24H32N4O2. The molecule has 30 heavy (non-hydrogen) atoms. The average molecular weight is 409 g/mol. The van der Waals surface area contributed by atoms with Crippen LogP contribution >= 0.6 is 0 Å². The molecule has 1 amide bonds. The van der Waals surface area contributed by atoms with Gasteiger partial charge in [0.25, 0.3) is 5.56 Å². The quantitative estimate of drug-likeness (QED) is 0.823. The lowest BCUT2D eigenvalue weighted by molar-refractivity contribution is -0.126. The molecule has 0 spiro atoms. The molecule has 0 bridgehead atoms. The van der Waals surface area contributed by atoms with Crippen LogP contribution in [0.2, 0.25) is 0 Å². The van der Waals surface area contributed by atoms with Crippen LogP contribution in [0.1, 0.15) is 57.4 Å². The molecule has 2 fully saturated rings. The summed E-state index contributed by atoms with van der Waals surface area (Å²) in [7, 11) is 0. The summed E-state index contributed by atoms with van der Waals surface area (Å²) in [6.07, 6.45) is 8.74. The van der Waals surface area contributed by atoms with Crippen molar-refractivity contribution >= 4 is 11.7 Å². The zero-order valence-electron chi connectivity index (χ0n) is 17.8. The number of carbonyl (C=O) groups is 1. The van der Waals surface area contributed by atoms with E-state index in [9.17, 15) is 9.59 Å². The zero-order valence-corrected chi connectivity index (χ0v) is 17.8. The van der Waals surface area contributed by atoms with Crippen molar-refractivity contribution in [1.29, 1.82) is 0 Å². The first kappa shape index (κ1) is 20.6. The molecule has 1 atom stereocenters. The van der Waals surface area contributed by atoms with E-state index in [-0.39, 0.29) is 17.4 Å². The van der Waals surface area contributed by atoms with Gasteiger partial charge >= 0.3 is 0 Å². The van der Waals surface area contributed by atoms with E-state index >= 15 is 0 Å². The lowest BCUT2D eigenvalue weighted by Crippen LogP contribution is -2.46. The monoisotopic (exact) mass is 408 g/mol. The Morgan fingerprint density at radius 3 is 2.53 bits per heavy atom. The summed E-state index contributed by atoms with van der Waals surface area (Å²) in [5, 5.41) is 7.91. The summed E-state index contributed by atoms with van der Waals surface area (Å²) in [4.78, 5) is 27.4. The highest BCUT2D eigenvalue weighted by atomic mass is 16.2. The van der Waals surface area contributed by atoms with E-state index in [4.69, 9.17) is 0 Å². The molecule has 2 aromatic rings. The minimum atomic E-state index is -0.147. The van der Waals surface area contributed by atoms with Gasteiger partial charge in [-0.05, 0) is 55.9 Å². The first-order valence-corrected chi connectivity index (χ1v) is 11.4. The molecule has 1 saturated heterocycles. The van der Waals surface area contributed by atoms with E-state index < -0.39 is 0 Å². The number of benzene rings is 1. The van der Waals surface area contributed by atoms with Crippen LogP contribution in [-0.4, -0.2) is 34.8 Å². The van der Waals surface area contributed by atoms with Gasteiger partial charge in [-0.3, -0.25) is 9.59 Å². The van der Waals surface area contributed by atoms with Crippen LogP contribution in [0.15, 0.2) is 41.2 Å². The number of aryl methyl sites for hydroxylation is 1. The summed E-state index contributed by atoms with van der Waals surface area (Å²) in [5.74, 6) is 0.908. The van der Waals surface area contributed by atoms with Crippen LogP contribution in [0.25, 0.3) is 5.69 Å². The number of nitrogens with one attached hydrogen (secondary N) is 1. The Morgan fingerprint density at radius 2 is 1.80 bits per heavy atom. The highest BCUT2D eigenvalue weighted by molar-refractivity contribution is 5.79. The van der Waals surface area contributed by atoms with Gasteiger partial charge in [-0.1, -0.05) is 38.3 Å². The van der Waals surface area contributed by atoms with Crippen LogP contribution in [0.4, 0.5) is 5.82 Å². The minimum absolute atomic E-state index is 0.0216. The maximum absolute atomic E-state index is 12.8. The number of hydrogen-bond acceptors (Lipinski definition) is 4. The highest BCUT2D eigenvalue weighted by Gasteiger charge is 2.28. The number of nitrogens with zero attached hydrogens (tertiary/aromatic N) is 3. The Bertz CT molecular complexity index is 916. The molecule has 6 heteroatoms. The second-order valence-corrected chi connectivity index (χ2v) is 8.59. The summed E-state index contributed by atoms with van der Waals surface area (Å²) in [6.45, 7) is 3.61. The highest BCUT2D eigenvalue weighted by Crippen LogP contribution is 2.23. The maximum Gasteiger partial charge on any atom is 0.271 e. The van der Waals surface area contributed by atoms with E-state index in [1.165, 1.54) is 29.5 Å². The average Bonchev–Trinajstić information content (AvgIpc) is 2.80. The second-order valence-electron chi connectivity index (χ2n) is 8.59. The molecule has 160 valence electrons. The van der Waals surface area contributed by atoms with Gasteiger partial charge in [-0.15, -0.1) is 5.10 Å². The van der Waals surface area contributed by atoms with Gasteiger partial charge in [0.2, 0.25) is 5.91 Å². The number of aromatic nitrogens is 2. The van der Waals surface area contributed by atoms with E-state index in [1.54, 1.807) is 12.1 Å². The molecule has 1 aliphatic carbocycles. The van der Waals surface area contributed by atoms with Crippen molar-refractivity contribution in [3.05, 3.63) is 52.3 Å². The standard InChI is InChI=1S/C24H32N4O2/c1-2-18-10-12-21(13-11-18)28-23(29)15-14-22(26-28)27-16-6-7-19(17-27)24(30)25-20-8-4-3-5-9-20/h10-15,19-20H,2-9,16-17H2,1H3,(H,25,30). The molecule has 1 saturated carbocycles. The number of carbonyl (C=O) groups excluding carboxylic acids is 1. The topological polar surface area (TPSA) is 67.2 Å². The van der Waals surface area contributed by atoms with Crippen LogP contribution in [0.5, 0.6) is 0 Å². The number of anilines is 1. The lowest BCUT2D eigenvalue weighted by Gasteiger charge is -2.34. The predicted molar refractivity (Wildman–Crippen MR) is 119 cm³/mol. The Morgan fingerprint density at radius 1 is 1.03 bits per heavy atom. The Labute approximate surface area is 178 Å². The van der Waals surface area contributed by atoms with Gasteiger partial charge in [0.05, 0.1) is 11.6 Å². The second kappa shape index (κ2) is 9.45. The molecule has 0 radical (unpaired) electrons. The van der Waals surface area contributed by atoms with Crippen molar-refractivity contribution < 1.29 is 4.79 Å². The largest absolute Gasteiger partial charge is 0.354 e. The van der Waals surface area contributed by atoms with Crippen molar-refractivity contribution in [2.24, 2.45) is 5.92 Å². The smallest absolute Gasteiger partial charge is 0.271 e. The van der Waals surface area contributed by atoms with Gasteiger partial charge in [0.1, 0.15) is 5.82 Å². The Hall–Kier alpha value is -2.63. The zero-order chi connectivity index (χ0) is 20.9. The molecular weight excluding hydrogens is 376 g/mol. The van der Waals surface area contributed by atoms with Crippen LogP contribution in [0.3, 0.4) is 0 Å². The molecule has 1 aromatic carbocycles. The van der Waals surface area contributed by atoms with Gasteiger partial charge in [0.15, 0.2) is 0 Å². The fourth-order valence-electron chi connectivity index (χ4n) is 4.59. The fraction of sp³-hybridized carbons (Fsp3) is 0.542. The summed E-state index contributed by atoms with van der Waals surface area (Å²) in [6, 6.07) is 11.6. The number of amides is 1. The van der Waals surface area contributed by atoms with E-state index in [0.29, 0.717) is 12.6 Å². The number of piperidine rings is 1.